The van der Waals surface area contributed by atoms with Crippen molar-refractivity contribution in [2.45, 2.75) is 38.1 Å². The molecule has 4 nitrogen and oxygen atoms in total. The molecule has 1 atom stereocenters. The van der Waals surface area contributed by atoms with E-state index in [4.69, 9.17) is 10.8 Å². The third-order valence-electron chi connectivity index (χ3n) is 2.70. The second kappa shape index (κ2) is 5.98. The number of carboxylic acid groups (broad SMARTS) is 1. The molecule has 1 saturated heterocycles. The highest BCUT2D eigenvalue weighted by molar-refractivity contribution is 5.67. The average molecular weight is 200 g/mol. The SMILES string of the molecule is NC(CCN1CCCCC1)CC(=O)O. The van der Waals surface area contributed by atoms with Crippen molar-refractivity contribution < 1.29 is 9.90 Å². The third-order valence-corrected chi connectivity index (χ3v) is 2.70. The Kier molecular flexibility index (Phi) is 4.90. The summed E-state index contributed by atoms with van der Waals surface area (Å²) in [6.45, 7) is 3.26. The highest BCUT2D eigenvalue weighted by atomic mass is 16.4. The molecule has 0 amide bonds. The van der Waals surface area contributed by atoms with Crippen molar-refractivity contribution in [1.82, 2.24) is 4.90 Å². The first-order chi connectivity index (χ1) is 6.68. The van der Waals surface area contributed by atoms with E-state index in [0.717, 1.165) is 26.1 Å². The molecule has 1 heterocycles. The molecule has 0 aliphatic carbocycles. The molecule has 3 N–H and O–H groups in total. The smallest absolute Gasteiger partial charge is 0.304 e. The van der Waals surface area contributed by atoms with Crippen LogP contribution in [0.4, 0.5) is 0 Å². The van der Waals surface area contributed by atoms with Gasteiger partial charge in [-0.2, -0.15) is 0 Å². The molecule has 0 radical (unpaired) electrons. The van der Waals surface area contributed by atoms with Gasteiger partial charge in [-0.3, -0.25) is 4.79 Å². The first-order valence-electron chi connectivity index (χ1n) is 5.38. The Bertz CT molecular complexity index is 179. The van der Waals surface area contributed by atoms with Gasteiger partial charge >= 0.3 is 5.97 Å². The van der Waals surface area contributed by atoms with Crippen molar-refractivity contribution in [3.8, 4) is 0 Å². The summed E-state index contributed by atoms with van der Waals surface area (Å²) in [6.07, 6.45) is 4.76. The van der Waals surface area contributed by atoms with Gasteiger partial charge in [-0.1, -0.05) is 6.42 Å². The second-order valence-electron chi connectivity index (χ2n) is 4.05. The topological polar surface area (TPSA) is 66.6 Å². The van der Waals surface area contributed by atoms with Crippen LogP contribution in [-0.4, -0.2) is 41.7 Å². The summed E-state index contributed by atoms with van der Waals surface area (Å²) in [6, 6.07) is -0.186. The number of carboxylic acids is 1. The fraction of sp³-hybridized carbons (Fsp3) is 0.900. The van der Waals surface area contributed by atoms with Crippen LogP contribution in [0.25, 0.3) is 0 Å². The average Bonchev–Trinajstić information content (AvgIpc) is 2.15. The van der Waals surface area contributed by atoms with Crippen molar-refractivity contribution in [2.75, 3.05) is 19.6 Å². The maximum atomic E-state index is 10.4. The predicted octanol–water partition coefficient (Wildman–Crippen LogP) is 0.664. The summed E-state index contributed by atoms with van der Waals surface area (Å²) in [5, 5.41) is 8.53. The summed E-state index contributed by atoms with van der Waals surface area (Å²) in [7, 11) is 0. The molecule has 0 aromatic rings. The van der Waals surface area contributed by atoms with E-state index in [1.807, 2.05) is 0 Å². The van der Waals surface area contributed by atoms with Crippen LogP contribution in [0, 0.1) is 0 Å². The van der Waals surface area contributed by atoms with Crippen LogP contribution >= 0.6 is 0 Å². The molecule has 0 saturated carbocycles. The van der Waals surface area contributed by atoms with E-state index < -0.39 is 5.97 Å². The van der Waals surface area contributed by atoms with Gasteiger partial charge in [0.2, 0.25) is 0 Å². The van der Waals surface area contributed by atoms with Crippen molar-refractivity contribution in [3.05, 3.63) is 0 Å². The number of likely N-dealkylation sites (tertiary alicyclic amines) is 1. The zero-order chi connectivity index (χ0) is 10.4. The lowest BCUT2D eigenvalue weighted by atomic mass is 10.1. The summed E-state index contributed by atoms with van der Waals surface area (Å²) >= 11 is 0. The minimum Gasteiger partial charge on any atom is -0.481 e. The number of nitrogens with two attached hydrogens (primary N) is 1. The molecule has 14 heavy (non-hydrogen) atoms. The lowest BCUT2D eigenvalue weighted by Crippen LogP contribution is -2.35. The van der Waals surface area contributed by atoms with Crippen molar-refractivity contribution in [2.24, 2.45) is 5.73 Å². The number of hydrogen-bond acceptors (Lipinski definition) is 3. The zero-order valence-electron chi connectivity index (χ0n) is 8.61. The van der Waals surface area contributed by atoms with E-state index in [2.05, 4.69) is 4.90 Å². The molecule has 1 aliphatic heterocycles. The third kappa shape index (κ3) is 4.58. The van der Waals surface area contributed by atoms with E-state index >= 15 is 0 Å². The van der Waals surface area contributed by atoms with Gasteiger partial charge in [0, 0.05) is 6.04 Å². The molecule has 0 spiro atoms. The van der Waals surface area contributed by atoms with Crippen LogP contribution in [0.1, 0.15) is 32.1 Å². The van der Waals surface area contributed by atoms with E-state index in [-0.39, 0.29) is 12.5 Å². The molecule has 1 rings (SSSR count). The second-order valence-corrected chi connectivity index (χ2v) is 4.05. The minimum atomic E-state index is -0.795. The molecule has 1 unspecified atom stereocenters. The number of hydrogen-bond donors (Lipinski definition) is 2. The van der Waals surface area contributed by atoms with E-state index in [1.165, 1.54) is 19.3 Å². The number of nitrogens with zero attached hydrogens (tertiary/aromatic N) is 1. The number of aliphatic carboxylic acids is 1. The maximum absolute atomic E-state index is 10.4. The fourth-order valence-corrected chi connectivity index (χ4v) is 1.86. The standard InChI is InChI=1S/C10H20N2O2/c11-9(8-10(13)14)4-7-12-5-2-1-3-6-12/h9H,1-8,11H2,(H,13,14). The largest absolute Gasteiger partial charge is 0.481 e. The summed E-state index contributed by atoms with van der Waals surface area (Å²) in [5.41, 5.74) is 5.68. The molecule has 0 bridgehead atoms. The highest BCUT2D eigenvalue weighted by Crippen LogP contribution is 2.09. The van der Waals surface area contributed by atoms with Crippen LogP contribution in [0.5, 0.6) is 0 Å². The Balaban J connectivity index is 2.09. The maximum Gasteiger partial charge on any atom is 0.304 e. The van der Waals surface area contributed by atoms with Gasteiger partial charge in [0.25, 0.3) is 0 Å². The Morgan fingerprint density at radius 1 is 1.36 bits per heavy atom. The summed E-state index contributed by atoms with van der Waals surface area (Å²) < 4.78 is 0. The molecule has 0 aromatic heterocycles. The van der Waals surface area contributed by atoms with Crippen LogP contribution in [-0.2, 0) is 4.79 Å². The number of carbonyl (C=O) groups is 1. The Labute approximate surface area is 85.1 Å². The minimum absolute atomic E-state index is 0.0911. The molecular formula is C10H20N2O2. The van der Waals surface area contributed by atoms with Gasteiger partial charge in [-0.25, -0.2) is 0 Å². The Hall–Kier alpha value is -0.610. The fourth-order valence-electron chi connectivity index (χ4n) is 1.86. The van der Waals surface area contributed by atoms with Gasteiger partial charge in [-0.15, -0.1) is 0 Å². The summed E-state index contributed by atoms with van der Waals surface area (Å²) in [5.74, 6) is -0.795. The first kappa shape index (κ1) is 11.5. The van der Waals surface area contributed by atoms with Gasteiger partial charge in [0.15, 0.2) is 0 Å². The van der Waals surface area contributed by atoms with Crippen LogP contribution < -0.4 is 5.73 Å². The van der Waals surface area contributed by atoms with Gasteiger partial charge in [-0.05, 0) is 38.9 Å². The lowest BCUT2D eigenvalue weighted by Gasteiger charge is -2.27. The van der Waals surface area contributed by atoms with Crippen molar-refractivity contribution in [3.63, 3.8) is 0 Å². The van der Waals surface area contributed by atoms with Crippen molar-refractivity contribution in [1.29, 1.82) is 0 Å². The Morgan fingerprint density at radius 3 is 2.57 bits per heavy atom. The lowest BCUT2D eigenvalue weighted by molar-refractivity contribution is -0.137. The molecule has 0 aromatic carbocycles. The van der Waals surface area contributed by atoms with Crippen LogP contribution in [0.15, 0.2) is 0 Å². The monoisotopic (exact) mass is 200 g/mol. The first-order valence-corrected chi connectivity index (χ1v) is 5.38. The highest BCUT2D eigenvalue weighted by Gasteiger charge is 2.13. The van der Waals surface area contributed by atoms with E-state index in [0.29, 0.717) is 0 Å². The van der Waals surface area contributed by atoms with E-state index in [9.17, 15) is 4.79 Å². The van der Waals surface area contributed by atoms with E-state index in [1.54, 1.807) is 0 Å². The number of piperidine rings is 1. The predicted molar refractivity (Wildman–Crippen MR) is 55.1 cm³/mol. The Morgan fingerprint density at radius 2 is 2.00 bits per heavy atom. The van der Waals surface area contributed by atoms with Crippen molar-refractivity contribution >= 4 is 5.97 Å². The van der Waals surface area contributed by atoms with Gasteiger partial charge < -0.3 is 15.7 Å². The quantitative estimate of drug-likeness (QED) is 0.684. The molecule has 4 heteroatoms. The van der Waals surface area contributed by atoms with Gasteiger partial charge in [0.05, 0.1) is 6.42 Å². The zero-order valence-corrected chi connectivity index (χ0v) is 8.61. The summed E-state index contributed by atoms with van der Waals surface area (Å²) in [4.78, 5) is 12.7. The molecular weight excluding hydrogens is 180 g/mol. The normalized spacial score (nSPS) is 20.6. The molecule has 1 aliphatic rings. The van der Waals surface area contributed by atoms with Crippen LogP contribution in [0.3, 0.4) is 0 Å². The molecule has 82 valence electrons. The van der Waals surface area contributed by atoms with Gasteiger partial charge in [0.1, 0.15) is 0 Å². The van der Waals surface area contributed by atoms with Crippen LogP contribution in [0.2, 0.25) is 0 Å². The number of rotatable bonds is 5. The molecule has 1 fully saturated rings.